The van der Waals surface area contributed by atoms with Crippen LogP contribution in [-0.2, 0) is 6.54 Å². The van der Waals surface area contributed by atoms with Crippen molar-refractivity contribution in [3.8, 4) is 22.6 Å². The first-order chi connectivity index (χ1) is 12.9. The number of rotatable bonds is 4. The number of nitrogens with two attached hydrogens (primary N) is 2. The van der Waals surface area contributed by atoms with Crippen LogP contribution in [0.1, 0.15) is 11.1 Å². The molecule has 0 unspecified atom stereocenters. The number of ether oxygens (including phenoxy) is 2. The molecule has 5 N–H and O–H groups in total. The molecule has 2 aromatic carbocycles. The minimum atomic E-state index is -1.63. The van der Waals surface area contributed by atoms with Crippen molar-refractivity contribution in [2.45, 2.75) is 19.5 Å². The summed E-state index contributed by atoms with van der Waals surface area (Å²) in [5, 5.41) is 4.00. The molecule has 27 heavy (non-hydrogen) atoms. The van der Waals surface area contributed by atoms with Gasteiger partial charge in [-0.15, -0.1) is 0 Å². The van der Waals surface area contributed by atoms with E-state index in [0.29, 0.717) is 18.0 Å². The Morgan fingerprint density at radius 1 is 1.07 bits per heavy atom. The first-order valence-electron chi connectivity index (χ1n) is 8.45. The van der Waals surface area contributed by atoms with E-state index in [4.69, 9.17) is 32.5 Å². The molecule has 1 aromatic heterocycles. The summed E-state index contributed by atoms with van der Waals surface area (Å²) in [4.78, 5) is 4.49. The Morgan fingerprint density at radius 2 is 1.81 bits per heavy atom. The zero-order valence-electron chi connectivity index (χ0n) is 14.7. The number of hydrogen-bond donors (Lipinski definition) is 3. The van der Waals surface area contributed by atoms with Gasteiger partial charge in [-0.3, -0.25) is 0 Å². The third-order valence-electron chi connectivity index (χ3n) is 4.32. The van der Waals surface area contributed by atoms with Crippen molar-refractivity contribution in [1.29, 1.82) is 0 Å². The van der Waals surface area contributed by atoms with E-state index in [-0.39, 0.29) is 0 Å². The van der Waals surface area contributed by atoms with E-state index >= 15 is 0 Å². The molecular weight excluding hydrogens is 364 g/mol. The van der Waals surface area contributed by atoms with Crippen LogP contribution in [0.25, 0.3) is 11.1 Å². The topological polar surface area (TPSA) is 95.4 Å². The maximum atomic E-state index is 6.18. The second kappa shape index (κ2) is 6.74. The first kappa shape index (κ1) is 17.6. The number of halogens is 1. The number of nitrogens with one attached hydrogen (secondary N) is 1. The molecule has 2 heterocycles. The van der Waals surface area contributed by atoms with E-state index in [0.717, 1.165) is 33.1 Å². The van der Waals surface area contributed by atoms with Crippen LogP contribution in [0, 0.1) is 6.92 Å². The third-order valence-corrected chi connectivity index (χ3v) is 4.69. The molecule has 7 heteroatoms. The molecule has 3 aromatic rings. The Bertz CT molecular complexity index is 990. The van der Waals surface area contributed by atoms with Gasteiger partial charge in [-0.2, -0.15) is 0 Å². The van der Waals surface area contributed by atoms with Crippen LogP contribution in [0.4, 0.5) is 5.82 Å². The quantitative estimate of drug-likeness (QED) is 0.596. The van der Waals surface area contributed by atoms with Gasteiger partial charge >= 0.3 is 6.03 Å². The molecule has 0 atom stereocenters. The van der Waals surface area contributed by atoms with E-state index in [9.17, 15) is 0 Å². The summed E-state index contributed by atoms with van der Waals surface area (Å²) in [5.74, 6) is 1.81. The molecule has 0 fully saturated rings. The van der Waals surface area contributed by atoms with Crippen LogP contribution >= 0.6 is 11.6 Å². The predicted molar refractivity (Wildman–Crippen MR) is 106 cm³/mol. The standard InChI is InChI=1S/C20H19ClN4O2/c1-12-8-17-18(27-20(22,23)26-17)9-15(12)13-6-7-19(24-10-13)25-11-14-4-2-3-5-16(14)21/h2-10H,11,22-23H2,1H3,(H,24,25). The summed E-state index contributed by atoms with van der Waals surface area (Å²) in [7, 11) is 0. The molecule has 1 aliphatic heterocycles. The largest absolute Gasteiger partial charge is 0.423 e. The maximum absolute atomic E-state index is 6.18. The van der Waals surface area contributed by atoms with Crippen molar-refractivity contribution in [3.63, 3.8) is 0 Å². The fraction of sp³-hybridized carbons (Fsp3) is 0.150. The van der Waals surface area contributed by atoms with E-state index in [2.05, 4.69) is 10.3 Å². The zero-order valence-corrected chi connectivity index (χ0v) is 15.5. The number of benzene rings is 2. The molecule has 138 valence electrons. The maximum Gasteiger partial charge on any atom is 0.376 e. The van der Waals surface area contributed by atoms with Crippen molar-refractivity contribution in [2.75, 3.05) is 5.32 Å². The van der Waals surface area contributed by atoms with Gasteiger partial charge in [0.05, 0.1) is 0 Å². The Labute approximate surface area is 162 Å². The molecular formula is C20H19ClN4O2. The highest BCUT2D eigenvalue weighted by molar-refractivity contribution is 6.31. The van der Waals surface area contributed by atoms with Gasteiger partial charge in [0, 0.05) is 23.3 Å². The highest BCUT2D eigenvalue weighted by atomic mass is 35.5. The van der Waals surface area contributed by atoms with Crippen molar-refractivity contribution < 1.29 is 9.47 Å². The van der Waals surface area contributed by atoms with E-state index < -0.39 is 6.03 Å². The number of nitrogens with zero attached hydrogens (tertiary/aromatic N) is 1. The Hall–Kier alpha value is -2.80. The summed E-state index contributed by atoms with van der Waals surface area (Å²) in [5.41, 5.74) is 15.3. The van der Waals surface area contributed by atoms with Crippen LogP contribution in [0.2, 0.25) is 5.02 Å². The normalized spacial score (nSPS) is 14.2. The molecule has 0 spiro atoms. The van der Waals surface area contributed by atoms with Gasteiger partial charge in [-0.25, -0.2) is 16.5 Å². The number of fused-ring (bicyclic) bond motifs is 1. The van der Waals surface area contributed by atoms with Crippen molar-refractivity contribution in [1.82, 2.24) is 4.98 Å². The van der Waals surface area contributed by atoms with E-state index in [1.807, 2.05) is 55.5 Å². The van der Waals surface area contributed by atoms with Crippen molar-refractivity contribution in [3.05, 3.63) is 70.9 Å². The lowest BCUT2D eigenvalue weighted by Gasteiger charge is -2.14. The van der Waals surface area contributed by atoms with Crippen molar-refractivity contribution >= 4 is 17.4 Å². The fourth-order valence-corrected chi connectivity index (χ4v) is 3.18. The van der Waals surface area contributed by atoms with Crippen LogP contribution < -0.4 is 26.3 Å². The van der Waals surface area contributed by atoms with Crippen molar-refractivity contribution in [2.24, 2.45) is 11.5 Å². The van der Waals surface area contributed by atoms with Crippen LogP contribution in [0.15, 0.2) is 54.7 Å². The summed E-state index contributed by atoms with van der Waals surface area (Å²) in [6.45, 7) is 2.58. The highest BCUT2D eigenvalue weighted by Crippen LogP contribution is 2.40. The van der Waals surface area contributed by atoms with Gasteiger partial charge < -0.3 is 14.8 Å². The van der Waals surface area contributed by atoms with E-state index in [1.54, 1.807) is 6.20 Å². The summed E-state index contributed by atoms with van der Waals surface area (Å²) in [6.07, 6.45) is 1.80. The van der Waals surface area contributed by atoms with Gasteiger partial charge in [-0.1, -0.05) is 29.8 Å². The highest BCUT2D eigenvalue weighted by Gasteiger charge is 2.34. The number of aromatic nitrogens is 1. The van der Waals surface area contributed by atoms with Gasteiger partial charge in [-0.05, 0) is 53.9 Å². The average molecular weight is 383 g/mol. The molecule has 0 aliphatic carbocycles. The Morgan fingerprint density at radius 3 is 2.52 bits per heavy atom. The van der Waals surface area contributed by atoms with Crippen LogP contribution in [-0.4, -0.2) is 11.0 Å². The lowest BCUT2D eigenvalue weighted by atomic mass is 10.0. The number of pyridine rings is 1. The first-order valence-corrected chi connectivity index (χ1v) is 8.83. The third kappa shape index (κ3) is 3.68. The summed E-state index contributed by atoms with van der Waals surface area (Å²) in [6, 6.07) is 13.7. The monoisotopic (exact) mass is 382 g/mol. The minimum absolute atomic E-state index is 0.515. The van der Waals surface area contributed by atoms with Crippen LogP contribution in [0.5, 0.6) is 11.5 Å². The molecule has 0 radical (unpaired) electrons. The van der Waals surface area contributed by atoms with Gasteiger partial charge in [0.15, 0.2) is 11.5 Å². The smallest absolute Gasteiger partial charge is 0.376 e. The molecule has 0 saturated carbocycles. The van der Waals surface area contributed by atoms with Crippen LogP contribution in [0.3, 0.4) is 0 Å². The SMILES string of the molecule is Cc1cc2c(cc1-c1ccc(NCc3ccccc3Cl)nc1)OC(N)(N)O2. The van der Waals surface area contributed by atoms with Gasteiger partial charge in [0.2, 0.25) is 0 Å². The number of anilines is 1. The van der Waals surface area contributed by atoms with E-state index in [1.165, 1.54) is 0 Å². The fourth-order valence-electron chi connectivity index (χ4n) is 2.98. The molecule has 0 saturated heterocycles. The molecule has 1 aliphatic rings. The Balaban J connectivity index is 1.52. The lowest BCUT2D eigenvalue weighted by Crippen LogP contribution is -2.56. The molecule has 0 amide bonds. The molecule has 0 bridgehead atoms. The predicted octanol–water partition coefficient (Wildman–Crippen LogP) is 3.62. The van der Waals surface area contributed by atoms with Gasteiger partial charge in [0.25, 0.3) is 0 Å². The number of aryl methyl sites for hydroxylation is 1. The summed E-state index contributed by atoms with van der Waals surface area (Å²) < 4.78 is 10.8. The Kier molecular flexibility index (Phi) is 4.39. The molecule has 4 rings (SSSR count). The molecule has 6 nitrogen and oxygen atoms in total. The lowest BCUT2D eigenvalue weighted by molar-refractivity contribution is -0.0671. The minimum Gasteiger partial charge on any atom is -0.423 e. The average Bonchev–Trinajstić information content (AvgIpc) is 2.93. The second-order valence-electron chi connectivity index (χ2n) is 6.42. The second-order valence-corrected chi connectivity index (χ2v) is 6.82. The zero-order chi connectivity index (χ0) is 19.0. The van der Waals surface area contributed by atoms with Gasteiger partial charge in [0.1, 0.15) is 5.82 Å². The summed E-state index contributed by atoms with van der Waals surface area (Å²) >= 11 is 6.18. The number of hydrogen-bond acceptors (Lipinski definition) is 6.